The van der Waals surface area contributed by atoms with Crippen molar-refractivity contribution in [1.82, 2.24) is 5.43 Å². The van der Waals surface area contributed by atoms with E-state index in [9.17, 15) is 14.4 Å². The molecule has 0 spiro atoms. The molecule has 0 bridgehead atoms. The molecule has 0 aliphatic carbocycles. The Morgan fingerprint density at radius 3 is 2.32 bits per heavy atom. The summed E-state index contributed by atoms with van der Waals surface area (Å²) in [7, 11) is 1.54. The summed E-state index contributed by atoms with van der Waals surface area (Å²) in [6.07, 6.45) is 1.37. The Morgan fingerprint density at radius 2 is 1.55 bits per heavy atom. The number of hydrogen-bond acceptors (Lipinski definition) is 6. The van der Waals surface area contributed by atoms with E-state index in [1.165, 1.54) is 12.3 Å². The molecule has 4 aromatic rings. The topological polar surface area (TPSA) is 106 Å². The summed E-state index contributed by atoms with van der Waals surface area (Å²) in [5.41, 5.74) is 4.29. The van der Waals surface area contributed by atoms with E-state index in [0.717, 1.165) is 0 Å². The molecule has 0 aromatic heterocycles. The summed E-state index contributed by atoms with van der Waals surface area (Å²) >= 11 is 6.08. The maximum atomic E-state index is 12.6. The molecular formula is C29H22ClN3O5. The number of carbonyl (C=O) groups is 3. The number of ether oxygens (including phenoxy) is 2. The largest absolute Gasteiger partial charge is 0.497 e. The quantitative estimate of drug-likeness (QED) is 0.135. The molecule has 0 atom stereocenters. The number of nitrogens with one attached hydrogen (secondary N) is 2. The lowest BCUT2D eigenvalue weighted by atomic mass is 10.1. The number of hydrazone groups is 1. The van der Waals surface area contributed by atoms with Crippen molar-refractivity contribution < 1.29 is 23.9 Å². The SMILES string of the molecule is COc1ccc(C(=O)Oc2ccccc2C=NNC(=O)c2cccc(NC(=O)c3ccccc3Cl)c2)cc1. The average molecular weight is 528 g/mol. The monoisotopic (exact) mass is 527 g/mol. The maximum Gasteiger partial charge on any atom is 0.343 e. The zero-order valence-electron chi connectivity index (χ0n) is 20.2. The van der Waals surface area contributed by atoms with E-state index in [2.05, 4.69) is 15.8 Å². The molecule has 190 valence electrons. The molecule has 0 unspecified atom stereocenters. The molecule has 2 N–H and O–H groups in total. The van der Waals surface area contributed by atoms with E-state index in [1.807, 2.05) is 0 Å². The van der Waals surface area contributed by atoms with Crippen molar-refractivity contribution in [3.63, 3.8) is 0 Å². The van der Waals surface area contributed by atoms with Gasteiger partial charge >= 0.3 is 5.97 Å². The second-order valence-corrected chi connectivity index (χ2v) is 8.28. The standard InChI is InChI=1S/C29H22ClN3O5/c1-37-23-15-13-19(14-16-23)29(36)38-26-12-5-2-7-21(26)18-31-33-27(34)20-8-6-9-22(17-20)32-28(35)24-10-3-4-11-25(24)30/h2-18H,1H3,(H,32,35)(H,33,34). The minimum Gasteiger partial charge on any atom is -0.497 e. The minimum absolute atomic E-state index is 0.274. The Hall–Kier alpha value is -4.95. The number of para-hydroxylation sites is 1. The van der Waals surface area contributed by atoms with Gasteiger partial charge < -0.3 is 14.8 Å². The van der Waals surface area contributed by atoms with Gasteiger partial charge in [0.25, 0.3) is 11.8 Å². The van der Waals surface area contributed by atoms with Gasteiger partial charge in [0.2, 0.25) is 0 Å². The van der Waals surface area contributed by atoms with Crippen LogP contribution >= 0.6 is 11.6 Å². The molecule has 0 aliphatic heterocycles. The van der Waals surface area contributed by atoms with Crippen LogP contribution in [-0.2, 0) is 0 Å². The maximum absolute atomic E-state index is 12.6. The number of methoxy groups -OCH3 is 1. The Kier molecular flexibility index (Phi) is 8.48. The lowest BCUT2D eigenvalue weighted by Crippen LogP contribution is -2.18. The van der Waals surface area contributed by atoms with E-state index in [4.69, 9.17) is 21.1 Å². The first kappa shape index (κ1) is 26.1. The predicted octanol–water partition coefficient (Wildman–Crippen LogP) is 5.58. The molecule has 2 amide bonds. The van der Waals surface area contributed by atoms with Gasteiger partial charge in [0.15, 0.2) is 0 Å². The lowest BCUT2D eigenvalue weighted by molar-refractivity contribution is 0.0734. The number of carbonyl (C=O) groups excluding carboxylic acids is 3. The van der Waals surface area contributed by atoms with E-state index in [1.54, 1.807) is 98.1 Å². The molecule has 38 heavy (non-hydrogen) atoms. The molecule has 0 aliphatic rings. The Balaban J connectivity index is 1.40. The first-order chi connectivity index (χ1) is 18.4. The van der Waals surface area contributed by atoms with Crippen LogP contribution in [0.4, 0.5) is 5.69 Å². The van der Waals surface area contributed by atoms with Gasteiger partial charge in [-0.1, -0.05) is 41.9 Å². The minimum atomic E-state index is -0.548. The Labute approximate surface area is 223 Å². The van der Waals surface area contributed by atoms with Gasteiger partial charge in [-0.2, -0.15) is 5.10 Å². The smallest absolute Gasteiger partial charge is 0.343 e. The number of nitrogens with zero attached hydrogens (tertiary/aromatic N) is 1. The van der Waals surface area contributed by atoms with Crippen LogP contribution < -0.4 is 20.2 Å². The van der Waals surface area contributed by atoms with Gasteiger partial charge in [0, 0.05) is 16.8 Å². The number of anilines is 1. The van der Waals surface area contributed by atoms with Crippen molar-refractivity contribution in [3.05, 3.63) is 124 Å². The Morgan fingerprint density at radius 1 is 0.816 bits per heavy atom. The lowest BCUT2D eigenvalue weighted by Gasteiger charge is -2.09. The summed E-state index contributed by atoms with van der Waals surface area (Å²) < 4.78 is 10.6. The highest BCUT2D eigenvalue weighted by molar-refractivity contribution is 6.34. The summed E-state index contributed by atoms with van der Waals surface area (Å²) in [4.78, 5) is 37.7. The molecule has 8 nitrogen and oxygen atoms in total. The fourth-order valence-electron chi connectivity index (χ4n) is 3.37. The van der Waals surface area contributed by atoms with Crippen LogP contribution in [0, 0.1) is 0 Å². The van der Waals surface area contributed by atoms with Crippen LogP contribution in [0.25, 0.3) is 0 Å². The zero-order valence-corrected chi connectivity index (χ0v) is 20.9. The average Bonchev–Trinajstić information content (AvgIpc) is 2.94. The van der Waals surface area contributed by atoms with E-state index in [-0.39, 0.29) is 11.3 Å². The molecule has 4 rings (SSSR count). The highest BCUT2D eigenvalue weighted by Crippen LogP contribution is 2.20. The number of benzene rings is 4. The van der Waals surface area contributed by atoms with Crippen LogP contribution in [0.15, 0.2) is 102 Å². The van der Waals surface area contributed by atoms with Gasteiger partial charge in [-0.25, -0.2) is 10.2 Å². The second kappa shape index (κ2) is 12.3. The number of halogens is 1. The normalized spacial score (nSPS) is 10.6. The third kappa shape index (κ3) is 6.63. The van der Waals surface area contributed by atoms with Crippen LogP contribution in [0.5, 0.6) is 11.5 Å². The molecule has 0 fully saturated rings. The molecule has 9 heteroatoms. The van der Waals surface area contributed by atoms with Crippen molar-refractivity contribution >= 4 is 41.3 Å². The van der Waals surface area contributed by atoms with Crippen molar-refractivity contribution in [2.75, 3.05) is 12.4 Å². The number of esters is 1. The molecule has 0 saturated heterocycles. The highest BCUT2D eigenvalue weighted by Gasteiger charge is 2.13. The van der Waals surface area contributed by atoms with Crippen molar-refractivity contribution in [2.24, 2.45) is 5.10 Å². The van der Waals surface area contributed by atoms with Crippen molar-refractivity contribution in [1.29, 1.82) is 0 Å². The molecule has 0 radical (unpaired) electrons. The summed E-state index contributed by atoms with van der Waals surface area (Å²) in [5.74, 6) is -0.545. The third-order valence-electron chi connectivity index (χ3n) is 5.32. The molecule has 0 saturated carbocycles. The fourth-order valence-corrected chi connectivity index (χ4v) is 3.59. The predicted molar refractivity (Wildman–Crippen MR) is 145 cm³/mol. The summed E-state index contributed by atoms with van der Waals surface area (Å²) in [6.45, 7) is 0. The van der Waals surface area contributed by atoms with E-state index in [0.29, 0.717) is 33.1 Å². The zero-order chi connectivity index (χ0) is 26.9. The van der Waals surface area contributed by atoms with Crippen LogP contribution in [0.3, 0.4) is 0 Å². The summed E-state index contributed by atoms with van der Waals surface area (Å²) in [6, 6.07) is 26.4. The number of hydrogen-bond donors (Lipinski definition) is 2. The molecule has 0 heterocycles. The molecule has 4 aromatic carbocycles. The van der Waals surface area contributed by atoms with Crippen LogP contribution in [0.1, 0.15) is 36.6 Å². The van der Waals surface area contributed by atoms with Crippen LogP contribution in [-0.4, -0.2) is 31.1 Å². The van der Waals surface area contributed by atoms with E-state index < -0.39 is 17.8 Å². The Bertz CT molecular complexity index is 1500. The van der Waals surface area contributed by atoms with Gasteiger partial charge in [-0.15, -0.1) is 0 Å². The van der Waals surface area contributed by atoms with Gasteiger partial charge in [0.05, 0.1) is 29.5 Å². The van der Waals surface area contributed by atoms with Gasteiger partial charge in [-0.3, -0.25) is 9.59 Å². The van der Waals surface area contributed by atoms with Gasteiger partial charge in [0.1, 0.15) is 11.5 Å². The van der Waals surface area contributed by atoms with Crippen LogP contribution in [0.2, 0.25) is 5.02 Å². The van der Waals surface area contributed by atoms with Gasteiger partial charge in [-0.05, 0) is 66.7 Å². The first-order valence-corrected chi connectivity index (χ1v) is 11.8. The number of rotatable bonds is 8. The highest BCUT2D eigenvalue weighted by atomic mass is 35.5. The first-order valence-electron chi connectivity index (χ1n) is 11.4. The molecular weight excluding hydrogens is 506 g/mol. The summed E-state index contributed by atoms with van der Waals surface area (Å²) in [5, 5.41) is 7.04. The van der Waals surface area contributed by atoms with Crippen molar-refractivity contribution in [2.45, 2.75) is 0 Å². The third-order valence-corrected chi connectivity index (χ3v) is 5.65. The second-order valence-electron chi connectivity index (χ2n) is 7.87. The van der Waals surface area contributed by atoms with E-state index >= 15 is 0 Å². The fraction of sp³-hybridized carbons (Fsp3) is 0.0345. The number of amides is 2. The van der Waals surface area contributed by atoms with Crippen molar-refractivity contribution in [3.8, 4) is 11.5 Å².